The van der Waals surface area contributed by atoms with E-state index >= 15 is 0 Å². The number of nitrogens with two attached hydrogens (primary N) is 1. The Balaban J connectivity index is 2.04. The van der Waals surface area contributed by atoms with Crippen LogP contribution in [0.15, 0.2) is 18.2 Å². The highest BCUT2D eigenvalue weighted by Crippen LogP contribution is 2.24. The van der Waals surface area contributed by atoms with Gasteiger partial charge in [0.2, 0.25) is 0 Å². The number of hydrogen-bond donors (Lipinski definition) is 1. The van der Waals surface area contributed by atoms with Crippen LogP contribution in [0.25, 0.3) is 0 Å². The average Bonchev–Trinajstić information content (AvgIpc) is 2.70. The molecule has 3 heteroatoms. The zero-order valence-corrected chi connectivity index (χ0v) is 10.1. The van der Waals surface area contributed by atoms with Crippen LogP contribution in [0.3, 0.4) is 0 Å². The summed E-state index contributed by atoms with van der Waals surface area (Å²) in [5.74, 6) is 0. The molecule has 0 saturated carbocycles. The van der Waals surface area contributed by atoms with Gasteiger partial charge in [0.1, 0.15) is 0 Å². The quantitative estimate of drug-likeness (QED) is 0.794. The molecule has 0 amide bonds. The third-order valence-corrected chi connectivity index (χ3v) is 3.10. The number of ether oxygens (including phenoxy) is 1. The molecule has 0 aromatic heterocycles. The normalized spacial score (nSPS) is 20.0. The Morgan fingerprint density at radius 1 is 1.50 bits per heavy atom. The summed E-state index contributed by atoms with van der Waals surface area (Å²) in [6.07, 6.45) is 2.71. The first-order valence-corrected chi connectivity index (χ1v) is 5.85. The third kappa shape index (κ3) is 2.47. The highest BCUT2D eigenvalue weighted by Gasteiger charge is 2.18. The molecule has 2 rings (SSSR count). The van der Waals surface area contributed by atoms with E-state index < -0.39 is 0 Å². The lowest BCUT2D eigenvalue weighted by molar-refractivity contribution is 0.116. The lowest BCUT2D eigenvalue weighted by Gasteiger charge is -2.24. The average molecular weight is 220 g/mol. The molecule has 1 aromatic carbocycles. The van der Waals surface area contributed by atoms with E-state index in [9.17, 15) is 0 Å². The minimum absolute atomic E-state index is 0.366. The summed E-state index contributed by atoms with van der Waals surface area (Å²) < 4.78 is 5.63. The summed E-state index contributed by atoms with van der Waals surface area (Å²) >= 11 is 0. The highest BCUT2D eigenvalue weighted by atomic mass is 16.5. The number of aryl methyl sites for hydroxylation is 1. The van der Waals surface area contributed by atoms with Crippen molar-refractivity contribution in [2.24, 2.45) is 0 Å². The van der Waals surface area contributed by atoms with E-state index in [1.54, 1.807) is 0 Å². The van der Waals surface area contributed by atoms with Gasteiger partial charge in [0, 0.05) is 20.2 Å². The van der Waals surface area contributed by atoms with Crippen LogP contribution in [0.5, 0.6) is 0 Å². The molecule has 0 spiro atoms. The number of rotatable bonds is 3. The van der Waals surface area contributed by atoms with Gasteiger partial charge in [-0.25, -0.2) is 0 Å². The maximum Gasteiger partial charge on any atom is 0.0750 e. The van der Waals surface area contributed by atoms with Crippen molar-refractivity contribution >= 4 is 11.4 Å². The van der Waals surface area contributed by atoms with Crippen LogP contribution in [-0.4, -0.2) is 26.3 Å². The number of nitrogens with zero attached hydrogens (tertiary/aromatic N) is 1. The van der Waals surface area contributed by atoms with Gasteiger partial charge in [-0.3, -0.25) is 0 Å². The highest BCUT2D eigenvalue weighted by molar-refractivity contribution is 5.68. The van der Waals surface area contributed by atoms with Gasteiger partial charge < -0.3 is 15.4 Å². The first-order valence-electron chi connectivity index (χ1n) is 5.85. The fourth-order valence-corrected chi connectivity index (χ4v) is 2.21. The van der Waals surface area contributed by atoms with E-state index in [0.29, 0.717) is 6.10 Å². The van der Waals surface area contributed by atoms with Gasteiger partial charge >= 0.3 is 0 Å². The fourth-order valence-electron chi connectivity index (χ4n) is 2.21. The molecule has 0 aliphatic carbocycles. The molecule has 2 N–H and O–H groups in total. The van der Waals surface area contributed by atoms with Crippen molar-refractivity contribution in [1.82, 2.24) is 0 Å². The molecule has 1 aliphatic rings. The second-order valence-electron chi connectivity index (χ2n) is 4.58. The van der Waals surface area contributed by atoms with Crippen LogP contribution in [0.1, 0.15) is 18.4 Å². The molecule has 1 atom stereocenters. The van der Waals surface area contributed by atoms with Gasteiger partial charge in [-0.1, -0.05) is 6.07 Å². The van der Waals surface area contributed by atoms with Crippen LogP contribution in [0.4, 0.5) is 11.4 Å². The van der Waals surface area contributed by atoms with Gasteiger partial charge in [-0.05, 0) is 37.5 Å². The Labute approximate surface area is 97.2 Å². The van der Waals surface area contributed by atoms with Crippen LogP contribution >= 0.6 is 0 Å². The molecule has 16 heavy (non-hydrogen) atoms. The Hall–Kier alpha value is -1.22. The van der Waals surface area contributed by atoms with Crippen LogP contribution in [-0.2, 0) is 4.74 Å². The standard InChI is InChI=1S/C13H20N2O/c1-10-5-6-13(12(14)8-10)15(2)9-11-4-3-7-16-11/h5-6,8,11H,3-4,7,9,14H2,1-2H3. The van der Waals surface area contributed by atoms with Crippen LogP contribution in [0.2, 0.25) is 0 Å². The monoisotopic (exact) mass is 220 g/mol. The Morgan fingerprint density at radius 3 is 2.94 bits per heavy atom. The summed E-state index contributed by atoms with van der Waals surface area (Å²) in [4.78, 5) is 2.19. The second-order valence-corrected chi connectivity index (χ2v) is 4.58. The Morgan fingerprint density at radius 2 is 2.31 bits per heavy atom. The van der Waals surface area contributed by atoms with Gasteiger partial charge in [-0.2, -0.15) is 0 Å². The van der Waals surface area contributed by atoms with E-state index in [0.717, 1.165) is 30.9 Å². The molecule has 1 unspecified atom stereocenters. The molecule has 1 saturated heterocycles. The van der Waals surface area contributed by atoms with E-state index in [1.807, 2.05) is 6.07 Å². The first kappa shape index (κ1) is 11.3. The topological polar surface area (TPSA) is 38.5 Å². The van der Waals surface area contributed by atoms with Crippen molar-refractivity contribution in [3.8, 4) is 0 Å². The summed E-state index contributed by atoms with van der Waals surface area (Å²) in [7, 11) is 2.07. The zero-order valence-electron chi connectivity index (χ0n) is 10.1. The van der Waals surface area contributed by atoms with Gasteiger partial charge in [-0.15, -0.1) is 0 Å². The van der Waals surface area contributed by atoms with Gasteiger partial charge in [0.05, 0.1) is 17.5 Å². The van der Waals surface area contributed by atoms with E-state index in [1.165, 1.54) is 12.0 Å². The minimum atomic E-state index is 0.366. The molecule has 88 valence electrons. The van der Waals surface area contributed by atoms with Gasteiger partial charge in [0.15, 0.2) is 0 Å². The Kier molecular flexibility index (Phi) is 3.34. The first-order chi connectivity index (χ1) is 7.66. The molecule has 3 nitrogen and oxygen atoms in total. The van der Waals surface area contributed by atoms with E-state index in [4.69, 9.17) is 10.5 Å². The Bertz CT molecular complexity index is 359. The SMILES string of the molecule is Cc1ccc(N(C)CC2CCCO2)c(N)c1. The summed E-state index contributed by atoms with van der Waals surface area (Å²) in [5, 5.41) is 0. The van der Waals surface area contributed by atoms with E-state index in [-0.39, 0.29) is 0 Å². The second kappa shape index (κ2) is 4.74. The van der Waals surface area contributed by atoms with Crippen molar-refractivity contribution in [3.05, 3.63) is 23.8 Å². The molecule has 1 fully saturated rings. The van der Waals surface area contributed by atoms with Crippen LogP contribution in [0, 0.1) is 6.92 Å². The lowest BCUT2D eigenvalue weighted by atomic mass is 10.1. The molecule has 1 aliphatic heterocycles. The zero-order chi connectivity index (χ0) is 11.5. The third-order valence-electron chi connectivity index (χ3n) is 3.10. The number of likely N-dealkylation sites (N-methyl/N-ethyl adjacent to an activating group) is 1. The lowest BCUT2D eigenvalue weighted by Crippen LogP contribution is -2.29. The molecular formula is C13H20N2O. The predicted octanol–water partition coefficient (Wildman–Crippen LogP) is 2.19. The van der Waals surface area contributed by atoms with Crippen LogP contribution < -0.4 is 10.6 Å². The van der Waals surface area contributed by atoms with Crippen molar-refractivity contribution in [1.29, 1.82) is 0 Å². The van der Waals surface area contributed by atoms with E-state index in [2.05, 4.69) is 31.0 Å². The molecule has 1 aromatic rings. The summed E-state index contributed by atoms with van der Waals surface area (Å²) in [6.45, 7) is 3.88. The maximum atomic E-state index is 6.01. The minimum Gasteiger partial charge on any atom is -0.397 e. The van der Waals surface area contributed by atoms with Crippen molar-refractivity contribution in [2.45, 2.75) is 25.9 Å². The number of nitrogen functional groups attached to an aromatic ring is 1. The summed E-state index contributed by atoms with van der Waals surface area (Å²) in [5.41, 5.74) is 9.16. The number of hydrogen-bond acceptors (Lipinski definition) is 3. The fraction of sp³-hybridized carbons (Fsp3) is 0.538. The smallest absolute Gasteiger partial charge is 0.0750 e. The molecule has 0 radical (unpaired) electrons. The molecule has 1 heterocycles. The van der Waals surface area contributed by atoms with Crippen molar-refractivity contribution in [3.63, 3.8) is 0 Å². The van der Waals surface area contributed by atoms with Crippen molar-refractivity contribution in [2.75, 3.05) is 30.8 Å². The maximum absolute atomic E-state index is 6.01. The van der Waals surface area contributed by atoms with Crippen molar-refractivity contribution < 1.29 is 4.74 Å². The number of anilines is 2. The largest absolute Gasteiger partial charge is 0.397 e. The van der Waals surface area contributed by atoms with Gasteiger partial charge in [0.25, 0.3) is 0 Å². The number of benzene rings is 1. The molecule has 0 bridgehead atoms. The summed E-state index contributed by atoms with van der Waals surface area (Å²) in [6, 6.07) is 6.19. The molecular weight excluding hydrogens is 200 g/mol. The predicted molar refractivity (Wildman–Crippen MR) is 67.8 cm³/mol.